The van der Waals surface area contributed by atoms with Crippen molar-refractivity contribution >= 4 is 11.0 Å². The van der Waals surface area contributed by atoms with Crippen molar-refractivity contribution in [2.75, 3.05) is 20.3 Å². The summed E-state index contributed by atoms with van der Waals surface area (Å²) >= 11 is 0. The standard InChI is InChI=1S/C9H6O2.C7H17N.C3H8O.2C2H6/c10-9-6-5-7-3-1-2-4-8(7)11-9;1-2-3-4-5-6-7-8;1-3-4-2;2*1-2/h1-6H;2-8H2,1H3;3H2,1-2H3;2*1-2H3. The zero-order valence-corrected chi connectivity index (χ0v) is 18.7. The predicted octanol–water partition coefficient (Wildman–Crippen LogP) is 6.41. The van der Waals surface area contributed by atoms with Crippen molar-refractivity contribution in [3.8, 4) is 0 Å². The molecule has 0 atom stereocenters. The van der Waals surface area contributed by atoms with Gasteiger partial charge in [-0.2, -0.15) is 0 Å². The number of methoxy groups -OCH3 is 1. The minimum absolute atomic E-state index is 0.302. The van der Waals surface area contributed by atoms with Crippen LogP contribution in [0.3, 0.4) is 0 Å². The first-order valence-electron chi connectivity index (χ1n) is 10.4. The molecule has 2 rings (SSSR count). The first kappa shape index (κ1) is 30.1. The molecule has 0 bridgehead atoms. The Balaban J connectivity index is -0.000000319. The van der Waals surface area contributed by atoms with Crippen molar-refractivity contribution in [2.45, 2.75) is 73.6 Å². The zero-order valence-electron chi connectivity index (χ0n) is 18.7. The fourth-order valence-electron chi connectivity index (χ4n) is 1.76. The van der Waals surface area contributed by atoms with Crippen molar-refractivity contribution in [2.24, 2.45) is 5.73 Å². The Labute approximate surface area is 167 Å². The average Bonchev–Trinajstić information content (AvgIpc) is 2.75. The molecular weight excluding hydrogens is 338 g/mol. The van der Waals surface area contributed by atoms with Crippen LogP contribution in [0, 0.1) is 0 Å². The number of hydrogen-bond acceptors (Lipinski definition) is 4. The number of nitrogens with two attached hydrogens (primary N) is 1. The minimum atomic E-state index is -0.302. The molecule has 0 saturated carbocycles. The van der Waals surface area contributed by atoms with E-state index in [2.05, 4.69) is 11.7 Å². The number of para-hydroxylation sites is 1. The van der Waals surface area contributed by atoms with E-state index in [4.69, 9.17) is 10.2 Å². The molecule has 1 aromatic heterocycles. The van der Waals surface area contributed by atoms with Crippen LogP contribution in [0.25, 0.3) is 11.0 Å². The Morgan fingerprint density at radius 3 is 1.96 bits per heavy atom. The second-order valence-corrected chi connectivity index (χ2v) is 5.07. The van der Waals surface area contributed by atoms with Crippen LogP contribution in [0.15, 0.2) is 45.6 Å². The van der Waals surface area contributed by atoms with E-state index in [1.807, 2.05) is 52.8 Å². The first-order valence-corrected chi connectivity index (χ1v) is 10.4. The minimum Gasteiger partial charge on any atom is -0.423 e. The fourth-order valence-corrected chi connectivity index (χ4v) is 1.76. The molecule has 1 aromatic carbocycles. The molecule has 0 fully saturated rings. The number of unbranched alkanes of at least 4 members (excludes halogenated alkanes) is 4. The molecule has 0 radical (unpaired) electrons. The Morgan fingerprint density at radius 2 is 1.44 bits per heavy atom. The van der Waals surface area contributed by atoms with Gasteiger partial charge in [-0.15, -0.1) is 0 Å². The quantitative estimate of drug-likeness (QED) is 0.463. The summed E-state index contributed by atoms with van der Waals surface area (Å²) in [6.45, 7) is 13.9. The molecule has 0 saturated heterocycles. The SMILES string of the molecule is CC.CC.CCCCCCCN.CCOC.O=c1ccc2ccccc2o1. The molecule has 0 unspecified atom stereocenters. The lowest BCUT2D eigenvalue weighted by atomic mass is 10.2. The predicted molar refractivity (Wildman–Crippen MR) is 121 cm³/mol. The summed E-state index contributed by atoms with van der Waals surface area (Å²) in [7, 11) is 1.68. The van der Waals surface area contributed by atoms with Gasteiger partial charge in [-0.05, 0) is 32.0 Å². The van der Waals surface area contributed by atoms with Gasteiger partial charge in [-0.1, -0.05) is 78.5 Å². The van der Waals surface area contributed by atoms with Gasteiger partial charge in [0.25, 0.3) is 0 Å². The third-order valence-electron chi connectivity index (χ3n) is 3.12. The number of hydrogen-bond donors (Lipinski definition) is 1. The molecule has 2 aromatic rings. The maximum Gasteiger partial charge on any atom is 0.336 e. The van der Waals surface area contributed by atoms with Gasteiger partial charge in [0.05, 0.1) is 0 Å². The van der Waals surface area contributed by atoms with E-state index in [0.717, 1.165) is 18.5 Å². The van der Waals surface area contributed by atoms with Gasteiger partial charge >= 0.3 is 5.63 Å². The Bertz CT molecular complexity index is 544. The van der Waals surface area contributed by atoms with Crippen molar-refractivity contribution in [1.29, 1.82) is 0 Å². The monoisotopic (exact) mass is 381 g/mol. The Hall–Kier alpha value is -1.65. The van der Waals surface area contributed by atoms with Crippen molar-refractivity contribution < 1.29 is 9.15 Å². The van der Waals surface area contributed by atoms with Crippen LogP contribution in [0.2, 0.25) is 0 Å². The van der Waals surface area contributed by atoms with Crippen molar-refractivity contribution in [1.82, 2.24) is 0 Å². The molecule has 158 valence electrons. The number of rotatable bonds is 6. The Morgan fingerprint density at radius 1 is 0.889 bits per heavy atom. The lowest BCUT2D eigenvalue weighted by molar-refractivity contribution is 0.215. The molecule has 1 heterocycles. The molecule has 0 aliphatic heterocycles. The number of ether oxygens (including phenoxy) is 1. The lowest BCUT2D eigenvalue weighted by Gasteiger charge is -1.93. The summed E-state index contributed by atoms with van der Waals surface area (Å²) in [5.74, 6) is 0. The van der Waals surface area contributed by atoms with E-state index < -0.39 is 0 Å². The maximum absolute atomic E-state index is 10.7. The van der Waals surface area contributed by atoms with Crippen LogP contribution in [0.1, 0.15) is 73.6 Å². The highest BCUT2D eigenvalue weighted by Crippen LogP contribution is 2.08. The maximum atomic E-state index is 10.7. The topological polar surface area (TPSA) is 65.5 Å². The number of fused-ring (bicyclic) bond motifs is 1. The molecule has 4 nitrogen and oxygen atoms in total. The largest absolute Gasteiger partial charge is 0.423 e. The van der Waals surface area contributed by atoms with Gasteiger partial charge in [-0.25, -0.2) is 4.79 Å². The van der Waals surface area contributed by atoms with Gasteiger partial charge < -0.3 is 14.9 Å². The van der Waals surface area contributed by atoms with E-state index in [-0.39, 0.29) is 5.63 Å². The Kier molecular flexibility index (Phi) is 29.6. The molecule has 0 amide bonds. The molecule has 27 heavy (non-hydrogen) atoms. The fraction of sp³-hybridized carbons (Fsp3) is 0.609. The highest BCUT2D eigenvalue weighted by atomic mass is 16.5. The first-order chi connectivity index (χ1) is 13.2. The molecular formula is C23H43NO3. The lowest BCUT2D eigenvalue weighted by Crippen LogP contribution is -1.97. The van der Waals surface area contributed by atoms with Gasteiger partial charge in [-0.3, -0.25) is 0 Å². The van der Waals surface area contributed by atoms with Crippen LogP contribution in [0.5, 0.6) is 0 Å². The summed E-state index contributed by atoms with van der Waals surface area (Å²) < 4.78 is 9.45. The van der Waals surface area contributed by atoms with Gasteiger partial charge in [0.15, 0.2) is 0 Å². The molecule has 0 spiro atoms. The van der Waals surface area contributed by atoms with E-state index >= 15 is 0 Å². The molecule has 0 aliphatic carbocycles. The molecule has 4 heteroatoms. The normalized spacial score (nSPS) is 8.59. The molecule has 0 aliphatic rings. The van der Waals surface area contributed by atoms with E-state index in [1.165, 1.54) is 38.2 Å². The highest BCUT2D eigenvalue weighted by Gasteiger charge is 1.92. The summed E-state index contributed by atoms with van der Waals surface area (Å²) in [5, 5.41) is 0.951. The zero-order chi connectivity index (χ0) is 21.3. The van der Waals surface area contributed by atoms with Crippen LogP contribution in [-0.2, 0) is 4.74 Å². The molecule has 2 N–H and O–H groups in total. The summed E-state index contributed by atoms with van der Waals surface area (Å²) in [6.07, 6.45) is 6.60. The number of benzene rings is 1. The van der Waals surface area contributed by atoms with Crippen molar-refractivity contribution in [3.05, 3.63) is 46.8 Å². The summed E-state index contributed by atoms with van der Waals surface area (Å²) in [5.41, 5.74) is 5.65. The third-order valence-corrected chi connectivity index (χ3v) is 3.12. The highest BCUT2D eigenvalue weighted by molar-refractivity contribution is 5.75. The van der Waals surface area contributed by atoms with Gasteiger partial charge in [0, 0.05) is 25.2 Å². The second-order valence-electron chi connectivity index (χ2n) is 5.07. The summed E-state index contributed by atoms with van der Waals surface area (Å²) in [6, 6.07) is 10.6. The van der Waals surface area contributed by atoms with Crippen LogP contribution < -0.4 is 11.4 Å². The van der Waals surface area contributed by atoms with Crippen LogP contribution in [0.4, 0.5) is 0 Å². The van der Waals surface area contributed by atoms with Crippen molar-refractivity contribution in [3.63, 3.8) is 0 Å². The van der Waals surface area contributed by atoms with E-state index in [1.54, 1.807) is 19.2 Å². The van der Waals surface area contributed by atoms with E-state index in [0.29, 0.717) is 5.58 Å². The van der Waals surface area contributed by atoms with Gasteiger partial charge in [0.2, 0.25) is 0 Å². The van der Waals surface area contributed by atoms with E-state index in [9.17, 15) is 4.79 Å². The van der Waals surface area contributed by atoms with Crippen LogP contribution in [-0.4, -0.2) is 20.3 Å². The second kappa shape index (κ2) is 26.6. The third kappa shape index (κ3) is 20.5. The van der Waals surface area contributed by atoms with Gasteiger partial charge in [0.1, 0.15) is 5.58 Å². The smallest absolute Gasteiger partial charge is 0.336 e. The average molecular weight is 382 g/mol. The van der Waals surface area contributed by atoms with Crippen LogP contribution >= 0.6 is 0 Å². The summed E-state index contributed by atoms with van der Waals surface area (Å²) in [4.78, 5) is 10.7.